The van der Waals surface area contributed by atoms with E-state index in [0.717, 1.165) is 17.0 Å². The third-order valence-electron chi connectivity index (χ3n) is 4.72. The van der Waals surface area contributed by atoms with Crippen molar-refractivity contribution >= 4 is 34.0 Å². The van der Waals surface area contributed by atoms with Crippen molar-refractivity contribution in [3.8, 4) is 16.9 Å². The van der Waals surface area contributed by atoms with Gasteiger partial charge in [-0.1, -0.05) is 12.1 Å². The van der Waals surface area contributed by atoms with E-state index in [1.807, 2.05) is 32.0 Å². The molecule has 32 heavy (non-hydrogen) atoms. The van der Waals surface area contributed by atoms with Crippen molar-refractivity contribution in [1.29, 1.82) is 0 Å². The van der Waals surface area contributed by atoms with Crippen LogP contribution in [0.4, 0.5) is 5.00 Å². The van der Waals surface area contributed by atoms with E-state index < -0.39 is 11.9 Å². The average molecular weight is 452 g/mol. The number of nitrogens with one attached hydrogen (secondary N) is 1. The van der Waals surface area contributed by atoms with Crippen molar-refractivity contribution in [2.75, 3.05) is 19.0 Å². The van der Waals surface area contributed by atoms with Crippen LogP contribution in [0.3, 0.4) is 0 Å². The zero-order valence-corrected chi connectivity index (χ0v) is 18.8. The molecule has 4 rings (SSSR count). The van der Waals surface area contributed by atoms with Gasteiger partial charge in [-0.25, -0.2) is 14.3 Å². The quantitative estimate of drug-likeness (QED) is 0.443. The number of rotatable bonds is 6. The van der Waals surface area contributed by atoms with Crippen molar-refractivity contribution in [2.45, 2.75) is 20.8 Å². The largest absolute Gasteiger partial charge is 0.497 e. The van der Waals surface area contributed by atoms with Crippen molar-refractivity contribution in [2.24, 2.45) is 0 Å². The van der Waals surface area contributed by atoms with E-state index in [0.29, 0.717) is 22.1 Å². The van der Waals surface area contributed by atoms with E-state index in [1.165, 1.54) is 15.9 Å². The van der Waals surface area contributed by atoms with Crippen molar-refractivity contribution < 1.29 is 19.1 Å². The number of methoxy groups -OCH3 is 1. The lowest BCUT2D eigenvalue weighted by Gasteiger charge is -2.08. The molecule has 9 nitrogen and oxygen atoms in total. The van der Waals surface area contributed by atoms with Gasteiger partial charge < -0.3 is 14.8 Å². The fourth-order valence-corrected chi connectivity index (χ4v) is 4.21. The first kappa shape index (κ1) is 21.4. The summed E-state index contributed by atoms with van der Waals surface area (Å²) in [4.78, 5) is 34.2. The van der Waals surface area contributed by atoms with Crippen LogP contribution in [0.1, 0.15) is 39.3 Å². The van der Waals surface area contributed by atoms with E-state index >= 15 is 0 Å². The first-order valence-electron chi connectivity index (χ1n) is 9.86. The molecule has 0 aliphatic rings. The van der Waals surface area contributed by atoms with Crippen LogP contribution in [0, 0.1) is 13.8 Å². The molecule has 10 heteroatoms. The number of anilines is 1. The summed E-state index contributed by atoms with van der Waals surface area (Å²) in [5, 5.41) is 9.17. The summed E-state index contributed by atoms with van der Waals surface area (Å²) in [6, 6.07) is 9.14. The van der Waals surface area contributed by atoms with Gasteiger partial charge in [-0.3, -0.25) is 4.79 Å². The van der Waals surface area contributed by atoms with Gasteiger partial charge in [0, 0.05) is 22.3 Å². The van der Waals surface area contributed by atoms with Gasteiger partial charge in [-0.2, -0.15) is 4.98 Å². The van der Waals surface area contributed by atoms with E-state index in [2.05, 4.69) is 20.4 Å². The zero-order valence-electron chi connectivity index (χ0n) is 18.0. The molecule has 0 bridgehead atoms. The second-order valence-corrected chi connectivity index (χ2v) is 7.82. The van der Waals surface area contributed by atoms with E-state index in [4.69, 9.17) is 9.47 Å². The van der Waals surface area contributed by atoms with Crippen molar-refractivity contribution in [3.05, 3.63) is 58.5 Å². The van der Waals surface area contributed by atoms with Crippen molar-refractivity contribution in [1.82, 2.24) is 19.6 Å². The van der Waals surface area contributed by atoms with E-state index in [9.17, 15) is 9.59 Å². The standard InChI is InChI=1S/C22H21N5O4S/c1-5-31-21(29)17-16(14-6-8-15(30-4)9-7-14)11-32-20(17)25-19(28)18-24-22-23-12(2)10-13(3)27(22)26-18/h6-11H,5H2,1-4H3,(H,25,28). The smallest absolute Gasteiger partial charge is 0.341 e. The lowest BCUT2D eigenvalue weighted by atomic mass is 10.0. The molecule has 0 fully saturated rings. The molecule has 0 saturated heterocycles. The molecule has 1 aromatic carbocycles. The summed E-state index contributed by atoms with van der Waals surface area (Å²) in [7, 11) is 1.59. The van der Waals surface area contributed by atoms with E-state index in [1.54, 1.807) is 31.5 Å². The van der Waals surface area contributed by atoms with Gasteiger partial charge >= 0.3 is 5.97 Å². The monoisotopic (exact) mass is 451 g/mol. The number of amides is 1. The number of esters is 1. The Hall–Kier alpha value is -3.79. The molecule has 1 amide bonds. The first-order valence-corrected chi connectivity index (χ1v) is 10.7. The second kappa shape index (κ2) is 8.75. The van der Waals surface area contributed by atoms with Gasteiger partial charge in [0.2, 0.25) is 5.82 Å². The van der Waals surface area contributed by atoms with Crippen LogP contribution in [0.5, 0.6) is 5.75 Å². The zero-order chi connectivity index (χ0) is 22.8. The van der Waals surface area contributed by atoms with E-state index in [-0.39, 0.29) is 18.0 Å². The first-order chi connectivity index (χ1) is 15.4. The van der Waals surface area contributed by atoms with Crippen LogP contribution in [0.25, 0.3) is 16.9 Å². The molecule has 3 heterocycles. The molecule has 0 atom stereocenters. The fraction of sp³-hybridized carbons (Fsp3) is 0.227. The van der Waals surface area contributed by atoms with Gasteiger partial charge in [0.25, 0.3) is 11.7 Å². The van der Waals surface area contributed by atoms with Gasteiger partial charge in [-0.05, 0) is 44.5 Å². The summed E-state index contributed by atoms with van der Waals surface area (Å²) in [5.74, 6) is -0.0665. The Morgan fingerprint density at radius 3 is 2.59 bits per heavy atom. The topological polar surface area (TPSA) is 108 Å². The molecule has 0 radical (unpaired) electrons. The predicted molar refractivity (Wildman–Crippen MR) is 120 cm³/mol. The summed E-state index contributed by atoms with van der Waals surface area (Å²) < 4.78 is 12.0. The van der Waals surface area contributed by atoms with Gasteiger partial charge in [0.1, 0.15) is 16.3 Å². The number of thiophene rings is 1. The number of nitrogens with zero attached hydrogens (tertiary/aromatic N) is 4. The number of carbonyl (C=O) groups is 2. The Bertz CT molecular complexity index is 1310. The van der Waals surface area contributed by atoms with Crippen LogP contribution < -0.4 is 10.1 Å². The number of aryl methyl sites for hydroxylation is 2. The van der Waals surface area contributed by atoms with Crippen LogP contribution in [0.15, 0.2) is 35.7 Å². The minimum atomic E-state index is -0.541. The Balaban J connectivity index is 1.70. The summed E-state index contributed by atoms with van der Waals surface area (Å²) in [6.07, 6.45) is 0. The molecule has 1 N–H and O–H groups in total. The molecular formula is C22H21N5O4S. The maximum absolute atomic E-state index is 12.9. The van der Waals surface area contributed by atoms with Crippen molar-refractivity contribution in [3.63, 3.8) is 0 Å². The summed E-state index contributed by atoms with van der Waals surface area (Å²) in [5.41, 5.74) is 3.32. The number of carbonyl (C=O) groups excluding carboxylic acids is 2. The van der Waals surface area contributed by atoms with Crippen LogP contribution in [-0.4, -0.2) is 45.2 Å². The average Bonchev–Trinajstić information content (AvgIpc) is 3.38. The minimum absolute atomic E-state index is 0.0413. The van der Waals surface area contributed by atoms with Gasteiger partial charge in [-0.15, -0.1) is 16.4 Å². The number of fused-ring (bicyclic) bond motifs is 1. The molecule has 3 aromatic heterocycles. The number of hydrogen-bond donors (Lipinski definition) is 1. The molecule has 0 spiro atoms. The number of ether oxygens (including phenoxy) is 2. The van der Waals surface area contributed by atoms with Gasteiger partial charge in [0.15, 0.2) is 0 Å². The second-order valence-electron chi connectivity index (χ2n) is 6.94. The molecule has 0 aliphatic carbocycles. The maximum Gasteiger partial charge on any atom is 0.341 e. The number of aromatic nitrogens is 4. The Kier molecular flexibility index (Phi) is 5.87. The third-order valence-corrected chi connectivity index (χ3v) is 5.62. The minimum Gasteiger partial charge on any atom is -0.497 e. The summed E-state index contributed by atoms with van der Waals surface area (Å²) in [6.45, 7) is 5.65. The molecule has 0 unspecified atom stereocenters. The molecule has 0 aliphatic heterocycles. The Morgan fingerprint density at radius 2 is 1.91 bits per heavy atom. The molecule has 164 valence electrons. The molecule has 4 aromatic rings. The maximum atomic E-state index is 12.9. The highest BCUT2D eigenvalue weighted by atomic mass is 32.1. The predicted octanol–water partition coefficient (Wildman–Crippen LogP) is 3.91. The Labute approximate surface area is 188 Å². The molecule has 0 saturated carbocycles. The molecular weight excluding hydrogens is 430 g/mol. The Morgan fingerprint density at radius 1 is 1.16 bits per heavy atom. The van der Waals surface area contributed by atoms with Crippen LogP contribution in [-0.2, 0) is 4.74 Å². The lowest BCUT2D eigenvalue weighted by molar-refractivity contribution is 0.0529. The highest BCUT2D eigenvalue weighted by molar-refractivity contribution is 7.15. The SMILES string of the molecule is CCOC(=O)c1c(-c2ccc(OC)cc2)csc1NC(=O)c1nc2nc(C)cc(C)n2n1. The normalized spacial score (nSPS) is 10.9. The number of benzene rings is 1. The van der Waals surface area contributed by atoms with Crippen LogP contribution >= 0.6 is 11.3 Å². The number of hydrogen-bond acceptors (Lipinski definition) is 8. The highest BCUT2D eigenvalue weighted by Gasteiger charge is 2.24. The fourth-order valence-electron chi connectivity index (χ4n) is 3.26. The third kappa shape index (κ3) is 4.04. The lowest BCUT2D eigenvalue weighted by Crippen LogP contribution is -2.16. The highest BCUT2D eigenvalue weighted by Crippen LogP contribution is 2.37. The van der Waals surface area contributed by atoms with Gasteiger partial charge in [0.05, 0.1) is 13.7 Å². The van der Waals surface area contributed by atoms with Crippen LogP contribution in [0.2, 0.25) is 0 Å². The summed E-state index contributed by atoms with van der Waals surface area (Å²) >= 11 is 1.23.